The van der Waals surface area contributed by atoms with Crippen LogP contribution >= 0.6 is 0 Å². The van der Waals surface area contributed by atoms with Gasteiger partial charge in [0.15, 0.2) is 0 Å². The van der Waals surface area contributed by atoms with Crippen LogP contribution < -0.4 is 0 Å². The highest BCUT2D eigenvalue weighted by Crippen LogP contribution is 2.47. The Labute approximate surface area is 320 Å². The zero-order valence-electron chi connectivity index (χ0n) is 30.2. The summed E-state index contributed by atoms with van der Waals surface area (Å²) in [5.74, 6) is 0. The first-order valence-corrected chi connectivity index (χ1v) is 19.0. The lowest BCUT2D eigenvalue weighted by Crippen LogP contribution is -1.94. The number of benzene rings is 10. The molecule has 256 valence electrons. The van der Waals surface area contributed by atoms with Crippen molar-refractivity contribution in [2.24, 2.45) is 0 Å². The third kappa shape index (κ3) is 5.16. The number of para-hydroxylation sites is 2. The van der Waals surface area contributed by atoms with Crippen LogP contribution in [-0.4, -0.2) is 4.57 Å². The van der Waals surface area contributed by atoms with E-state index in [0.717, 1.165) is 5.69 Å². The maximum absolute atomic E-state index is 2.44. The van der Waals surface area contributed by atoms with Gasteiger partial charge in [-0.05, 0) is 125 Å². The third-order valence-electron chi connectivity index (χ3n) is 11.3. The maximum atomic E-state index is 2.44. The molecule has 0 bridgehead atoms. The molecule has 0 atom stereocenters. The first-order valence-electron chi connectivity index (χ1n) is 19.0. The first-order chi connectivity index (χ1) is 27.3. The number of fused-ring (bicyclic) bond motifs is 6. The summed E-state index contributed by atoms with van der Waals surface area (Å²) in [4.78, 5) is 0. The van der Waals surface area contributed by atoms with Crippen LogP contribution in [0.15, 0.2) is 212 Å². The van der Waals surface area contributed by atoms with Gasteiger partial charge in [0, 0.05) is 16.5 Å². The minimum atomic E-state index is 1.16. The van der Waals surface area contributed by atoms with E-state index >= 15 is 0 Å². The molecule has 0 amide bonds. The van der Waals surface area contributed by atoms with Gasteiger partial charge in [0.05, 0.1) is 11.0 Å². The van der Waals surface area contributed by atoms with Crippen molar-refractivity contribution in [3.05, 3.63) is 212 Å². The normalized spacial score (nSPS) is 11.6. The molecule has 10 aromatic carbocycles. The molecule has 55 heavy (non-hydrogen) atoms. The van der Waals surface area contributed by atoms with Crippen LogP contribution in [0.3, 0.4) is 0 Å². The minimum absolute atomic E-state index is 1.16. The van der Waals surface area contributed by atoms with Crippen molar-refractivity contribution in [1.29, 1.82) is 0 Å². The standard InChI is InChI=1S/C54H35N/c1-4-14-36(15-5-1)40-26-29-46-49(33-40)54(43-28-31-52-48(35-43)45-22-12-13-23-51(45)55(52)44-20-8-3-9-21-44)50-34-41(37-16-6-2-7-17-37)27-30-47(50)53(46)42-25-24-38-18-10-11-19-39(38)32-42/h1-35H. The SMILES string of the molecule is c1ccc(-c2ccc3c(-c4ccc5ccccc5c4)c4ccc(-c5ccccc5)cc4c(-c4ccc5c(c4)c4ccccc4n5-c4ccccc4)c3c2)cc1. The van der Waals surface area contributed by atoms with E-state index in [1.807, 2.05) is 0 Å². The van der Waals surface area contributed by atoms with Crippen molar-refractivity contribution < 1.29 is 0 Å². The second-order valence-electron chi connectivity index (χ2n) is 14.5. The van der Waals surface area contributed by atoms with Crippen molar-refractivity contribution >= 4 is 54.1 Å². The molecule has 0 aliphatic heterocycles. The molecule has 11 aromatic rings. The van der Waals surface area contributed by atoms with Gasteiger partial charge in [-0.2, -0.15) is 0 Å². The molecule has 0 saturated carbocycles. The van der Waals surface area contributed by atoms with Crippen molar-refractivity contribution in [3.63, 3.8) is 0 Å². The molecule has 0 aliphatic carbocycles. The lowest BCUT2D eigenvalue weighted by atomic mass is 9.83. The lowest BCUT2D eigenvalue weighted by molar-refractivity contribution is 1.18. The molecule has 0 fully saturated rings. The predicted molar refractivity (Wildman–Crippen MR) is 235 cm³/mol. The second kappa shape index (κ2) is 12.7. The van der Waals surface area contributed by atoms with Gasteiger partial charge in [0.2, 0.25) is 0 Å². The predicted octanol–water partition coefficient (Wildman–Crippen LogP) is 14.9. The van der Waals surface area contributed by atoms with Crippen LogP contribution in [0, 0.1) is 0 Å². The molecular formula is C54H35N. The van der Waals surface area contributed by atoms with Crippen molar-refractivity contribution in [2.75, 3.05) is 0 Å². The lowest BCUT2D eigenvalue weighted by Gasteiger charge is -2.20. The zero-order valence-corrected chi connectivity index (χ0v) is 30.2. The Bertz CT molecular complexity index is 3130. The Morgan fingerprint density at radius 3 is 1.38 bits per heavy atom. The number of hydrogen-bond acceptors (Lipinski definition) is 0. The fourth-order valence-electron chi connectivity index (χ4n) is 8.80. The third-order valence-corrected chi connectivity index (χ3v) is 11.3. The van der Waals surface area contributed by atoms with Crippen LogP contribution in [-0.2, 0) is 0 Å². The highest BCUT2D eigenvalue weighted by Gasteiger charge is 2.21. The summed E-state index contributed by atoms with van der Waals surface area (Å²) in [5.41, 5.74) is 13.4. The quantitative estimate of drug-likeness (QED) is 0.158. The van der Waals surface area contributed by atoms with Crippen molar-refractivity contribution in [2.45, 2.75) is 0 Å². The van der Waals surface area contributed by atoms with E-state index in [-0.39, 0.29) is 0 Å². The van der Waals surface area contributed by atoms with Gasteiger partial charge in [0.1, 0.15) is 0 Å². The maximum Gasteiger partial charge on any atom is 0.0541 e. The number of nitrogens with zero attached hydrogens (tertiary/aromatic N) is 1. The first kappa shape index (κ1) is 31.3. The van der Waals surface area contributed by atoms with E-state index in [1.165, 1.54) is 98.6 Å². The summed E-state index contributed by atoms with van der Waals surface area (Å²) >= 11 is 0. The average Bonchev–Trinajstić information content (AvgIpc) is 3.59. The highest BCUT2D eigenvalue weighted by molar-refractivity contribution is 6.23. The van der Waals surface area contributed by atoms with Crippen molar-refractivity contribution in [3.8, 4) is 50.2 Å². The summed E-state index contributed by atoms with van der Waals surface area (Å²) in [5, 5.41) is 9.97. The van der Waals surface area contributed by atoms with E-state index < -0.39 is 0 Å². The van der Waals surface area contributed by atoms with Crippen LogP contribution in [0.4, 0.5) is 0 Å². The van der Waals surface area contributed by atoms with Gasteiger partial charge < -0.3 is 4.57 Å². The van der Waals surface area contributed by atoms with E-state index in [2.05, 4.69) is 217 Å². The number of rotatable bonds is 5. The average molecular weight is 698 g/mol. The summed E-state index contributed by atoms with van der Waals surface area (Å²) < 4.78 is 2.40. The molecule has 1 aromatic heterocycles. The zero-order chi connectivity index (χ0) is 36.3. The molecular weight excluding hydrogens is 663 g/mol. The van der Waals surface area contributed by atoms with Gasteiger partial charge in [-0.3, -0.25) is 0 Å². The largest absolute Gasteiger partial charge is 0.309 e. The van der Waals surface area contributed by atoms with E-state index in [4.69, 9.17) is 0 Å². The molecule has 0 radical (unpaired) electrons. The summed E-state index contributed by atoms with van der Waals surface area (Å²) in [6, 6.07) is 77.9. The number of aromatic nitrogens is 1. The Morgan fingerprint density at radius 2 is 0.709 bits per heavy atom. The summed E-state index contributed by atoms with van der Waals surface area (Å²) in [7, 11) is 0. The fourth-order valence-corrected chi connectivity index (χ4v) is 8.80. The van der Waals surface area contributed by atoms with E-state index in [1.54, 1.807) is 0 Å². The molecule has 1 heteroatoms. The highest BCUT2D eigenvalue weighted by atomic mass is 15.0. The van der Waals surface area contributed by atoms with Crippen LogP contribution in [0.2, 0.25) is 0 Å². The topological polar surface area (TPSA) is 4.93 Å². The molecule has 1 nitrogen and oxygen atoms in total. The Balaban J connectivity index is 1.28. The van der Waals surface area contributed by atoms with Gasteiger partial charge >= 0.3 is 0 Å². The van der Waals surface area contributed by atoms with Gasteiger partial charge in [0.25, 0.3) is 0 Å². The Kier molecular flexibility index (Phi) is 7.25. The molecule has 11 rings (SSSR count). The Hall–Kier alpha value is -7.22. The van der Waals surface area contributed by atoms with E-state index in [0.29, 0.717) is 0 Å². The van der Waals surface area contributed by atoms with Crippen molar-refractivity contribution in [1.82, 2.24) is 4.57 Å². The van der Waals surface area contributed by atoms with Crippen LogP contribution in [0.25, 0.3) is 104 Å². The van der Waals surface area contributed by atoms with Crippen LogP contribution in [0.1, 0.15) is 0 Å². The minimum Gasteiger partial charge on any atom is -0.309 e. The molecule has 0 N–H and O–H groups in total. The number of hydrogen-bond donors (Lipinski definition) is 0. The molecule has 0 unspecified atom stereocenters. The molecule has 0 aliphatic rings. The van der Waals surface area contributed by atoms with Crippen LogP contribution in [0.5, 0.6) is 0 Å². The Morgan fingerprint density at radius 1 is 0.236 bits per heavy atom. The summed E-state index contributed by atoms with van der Waals surface area (Å²) in [6.45, 7) is 0. The monoisotopic (exact) mass is 697 g/mol. The van der Waals surface area contributed by atoms with Gasteiger partial charge in [-0.1, -0.05) is 164 Å². The summed E-state index contributed by atoms with van der Waals surface area (Å²) in [6.07, 6.45) is 0. The molecule has 0 saturated heterocycles. The van der Waals surface area contributed by atoms with E-state index in [9.17, 15) is 0 Å². The van der Waals surface area contributed by atoms with Gasteiger partial charge in [-0.15, -0.1) is 0 Å². The second-order valence-corrected chi connectivity index (χ2v) is 14.5. The molecule has 0 spiro atoms. The van der Waals surface area contributed by atoms with Gasteiger partial charge in [-0.25, -0.2) is 0 Å². The smallest absolute Gasteiger partial charge is 0.0541 e. The molecule has 1 heterocycles. The fraction of sp³-hybridized carbons (Fsp3) is 0.